The van der Waals surface area contributed by atoms with Crippen LogP contribution >= 0.6 is 15.9 Å². The van der Waals surface area contributed by atoms with Crippen LogP contribution in [0, 0.1) is 6.92 Å². The van der Waals surface area contributed by atoms with E-state index in [0.29, 0.717) is 13.2 Å². The highest BCUT2D eigenvalue weighted by molar-refractivity contribution is 9.10. The lowest BCUT2D eigenvalue weighted by atomic mass is 10.1. The Morgan fingerprint density at radius 3 is 2.72 bits per heavy atom. The molecule has 0 aliphatic heterocycles. The Morgan fingerprint density at radius 2 is 2.11 bits per heavy atom. The summed E-state index contributed by atoms with van der Waals surface area (Å²) in [6.07, 6.45) is 1.73. The molecule has 94 valence electrons. The number of aromatic nitrogens is 1. The maximum atomic E-state index is 5.68. The molecule has 0 atom stereocenters. The number of nitrogens with zero attached hydrogens (tertiary/aromatic N) is 1. The summed E-state index contributed by atoms with van der Waals surface area (Å²) >= 11 is 3.52. The zero-order valence-corrected chi connectivity index (χ0v) is 11.8. The van der Waals surface area contributed by atoms with Crippen molar-refractivity contribution in [2.75, 3.05) is 0 Å². The van der Waals surface area contributed by atoms with Gasteiger partial charge in [-0.2, -0.15) is 0 Å². The summed E-state index contributed by atoms with van der Waals surface area (Å²) in [4.78, 5) is 4.19. The van der Waals surface area contributed by atoms with Crippen LogP contribution in [0.5, 0.6) is 5.75 Å². The first kappa shape index (κ1) is 13.1. The summed E-state index contributed by atoms with van der Waals surface area (Å²) in [6, 6.07) is 9.91. The number of benzene rings is 1. The minimum absolute atomic E-state index is 0.510. The van der Waals surface area contributed by atoms with E-state index in [-0.39, 0.29) is 0 Å². The Hall–Kier alpha value is -1.39. The highest BCUT2D eigenvalue weighted by atomic mass is 79.9. The number of pyridine rings is 1. The van der Waals surface area contributed by atoms with Gasteiger partial charge in [0.1, 0.15) is 12.4 Å². The Kier molecular flexibility index (Phi) is 4.33. The van der Waals surface area contributed by atoms with Crippen molar-refractivity contribution in [2.24, 2.45) is 5.73 Å². The third-order valence-corrected chi connectivity index (χ3v) is 3.37. The first-order chi connectivity index (χ1) is 8.69. The fourth-order valence-electron chi connectivity index (χ4n) is 1.54. The van der Waals surface area contributed by atoms with Gasteiger partial charge in [0.25, 0.3) is 0 Å². The molecule has 0 unspecified atom stereocenters. The van der Waals surface area contributed by atoms with Crippen molar-refractivity contribution in [3.05, 3.63) is 57.8 Å². The summed E-state index contributed by atoms with van der Waals surface area (Å²) in [6.45, 7) is 3.00. The van der Waals surface area contributed by atoms with Crippen molar-refractivity contribution in [3.63, 3.8) is 0 Å². The summed E-state index contributed by atoms with van der Waals surface area (Å²) in [5, 5.41) is 0. The van der Waals surface area contributed by atoms with Gasteiger partial charge in [-0.25, -0.2) is 0 Å². The maximum absolute atomic E-state index is 5.68. The maximum Gasteiger partial charge on any atom is 0.138 e. The van der Waals surface area contributed by atoms with E-state index >= 15 is 0 Å². The van der Waals surface area contributed by atoms with Crippen molar-refractivity contribution in [1.82, 2.24) is 4.98 Å². The molecule has 2 N–H and O–H groups in total. The molecular formula is C14H15BrN2O. The molecule has 0 aliphatic rings. The van der Waals surface area contributed by atoms with Crippen LogP contribution in [0.3, 0.4) is 0 Å². The van der Waals surface area contributed by atoms with E-state index < -0.39 is 0 Å². The highest BCUT2D eigenvalue weighted by Crippen LogP contribution is 2.20. The molecule has 2 aromatic rings. The van der Waals surface area contributed by atoms with Gasteiger partial charge < -0.3 is 10.5 Å². The van der Waals surface area contributed by atoms with Crippen LogP contribution in [0.2, 0.25) is 0 Å². The first-order valence-electron chi connectivity index (χ1n) is 5.72. The average Bonchev–Trinajstić information content (AvgIpc) is 2.39. The fraction of sp³-hybridized carbons (Fsp3) is 0.214. The zero-order valence-electron chi connectivity index (χ0n) is 10.2. The molecule has 0 saturated carbocycles. The van der Waals surface area contributed by atoms with Crippen LogP contribution < -0.4 is 10.5 Å². The predicted molar refractivity (Wildman–Crippen MR) is 75.3 cm³/mol. The SMILES string of the molecule is Cc1ccc(OCc2ccc(CN)cc2Br)cn1. The van der Waals surface area contributed by atoms with Gasteiger partial charge in [-0.1, -0.05) is 28.1 Å². The Balaban J connectivity index is 2.04. The molecule has 2 rings (SSSR count). The molecule has 0 saturated heterocycles. The summed E-state index contributed by atoms with van der Waals surface area (Å²) in [5.74, 6) is 0.774. The number of rotatable bonds is 4. The van der Waals surface area contributed by atoms with Gasteiger partial charge in [0.15, 0.2) is 0 Å². The molecule has 0 fully saturated rings. The van der Waals surface area contributed by atoms with E-state index in [2.05, 4.69) is 20.9 Å². The molecule has 0 aliphatic carbocycles. The lowest BCUT2D eigenvalue weighted by molar-refractivity contribution is 0.304. The highest BCUT2D eigenvalue weighted by Gasteiger charge is 2.02. The molecule has 1 aromatic heterocycles. The molecule has 4 heteroatoms. The van der Waals surface area contributed by atoms with Gasteiger partial charge in [0.2, 0.25) is 0 Å². The van der Waals surface area contributed by atoms with Gasteiger partial charge in [-0.15, -0.1) is 0 Å². The van der Waals surface area contributed by atoms with Gasteiger partial charge in [0.05, 0.1) is 6.20 Å². The van der Waals surface area contributed by atoms with Crippen LogP contribution in [0.15, 0.2) is 41.0 Å². The van der Waals surface area contributed by atoms with Gasteiger partial charge in [-0.05, 0) is 30.7 Å². The first-order valence-corrected chi connectivity index (χ1v) is 6.51. The monoisotopic (exact) mass is 306 g/mol. The number of nitrogens with two attached hydrogens (primary N) is 1. The Morgan fingerprint density at radius 1 is 1.28 bits per heavy atom. The molecule has 0 spiro atoms. The second kappa shape index (κ2) is 5.98. The average molecular weight is 307 g/mol. The molecular weight excluding hydrogens is 292 g/mol. The van der Waals surface area contributed by atoms with Crippen molar-refractivity contribution < 1.29 is 4.74 Å². The number of aryl methyl sites for hydroxylation is 1. The Labute approximate surface area is 115 Å². The van der Waals surface area contributed by atoms with E-state index in [1.165, 1.54) is 0 Å². The summed E-state index contributed by atoms with van der Waals surface area (Å²) < 4.78 is 6.70. The smallest absolute Gasteiger partial charge is 0.138 e. The molecule has 1 aromatic carbocycles. The third kappa shape index (κ3) is 3.31. The number of hydrogen-bond donors (Lipinski definition) is 1. The minimum atomic E-state index is 0.510. The predicted octanol–water partition coefficient (Wildman–Crippen LogP) is 3.19. The van der Waals surface area contributed by atoms with Crippen LogP contribution in [-0.4, -0.2) is 4.98 Å². The second-order valence-electron chi connectivity index (χ2n) is 4.05. The second-order valence-corrected chi connectivity index (χ2v) is 4.91. The van der Waals surface area contributed by atoms with Crippen molar-refractivity contribution in [3.8, 4) is 5.75 Å². The number of hydrogen-bond acceptors (Lipinski definition) is 3. The molecule has 18 heavy (non-hydrogen) atoms. The molecule has 0 amide bonds. The normalized spacial score (nSPS) is 10.4. The van der Waals surface area contributed by atoms with E-state index in [1.807, 2.05) is 37.3 Å². The van der Waals surface area contributed by atoms with Crippen LogP contribution in [0.4, 0.5) is 0 Å². The van der Waals surface area contributed by atoms with Gasteiger partial charge in [0, 0.05) is 22.3 Å². The van der Waals surface area contributed by atoms with Crippen LogP contribution in [-0.2, 0) is 13.2 Å². The van der Waals surface area contributed by atoms with E-state index in [0.717, 1.165) is 27.0 Å². The molecule has 3 nitrogen and oxygen atoms in total. The molecule has 1 heterocycles. The van der Waals surface area contributed by atoms with Gasteiger partial charge in [-0.3, -0.25) is 4.98 Å². The summed E-state index contributed by atoms with van der Waals surface area (Å²) in [7, 11) is 0. The molecule has 0 bridgehead atoms. The van der Waals surface area contributed by atoms with E-state index in [4.69, 9.17) is 10.5 Å². The number of halogens is 1. The standard InChI is InChI=1S/C14H15BrN2O/c1-10-2-5-13(8-17-10)18-9-12-4-3-11(7-16)6-14(12)15/h2-6,8H,7,9,16H2,1H3. The lowest BCUT2D eigenvalue weighted by Gasteiger charge is -2.09. The van der Waals surface area contributed by atoms with Crippen molar-refractivity contribution in [2.45, 2.75) is 20.1 Å². The topological polar surface area (TPSA) is 48.1 Å². The van der Waals surface area contributed by atoms with Crippen LogP contribution in [0.1, 0.15) is 16.8 Å². The third-order valence-electron chi connectivity index (χ3n) is 2.63. The molecule has 0 radical (unpaired) electrons. The fourth-order valence-corrected chi connectivity index (χ4v) is 2.08. The van der Waals surface area contributed by atoms with Crippen molar-refractivity contribution >= 4 is 15.9 Å². The largest absolute Gasteiger partial charge is 0.487 e. The van der Waals surface area contributed by atoms with Crippen molar-refractivity contribution in [1.29, 1.82) is 0 Å². The Bertz CT molecular complexity index is 526. The van der Waals surface area contributed by atoms with E-state index in [9.17, 15) is 0 Å². The minimum Gasteiger partial charge on any atom is -0.487 e. The quantitative estimate of drug-likeness (QED) is 0.943. The number of ether oxygens (including phenoxy) is 1. The van der Waals surface area contributed by atoms with Crippen LogP contribution in [0.25, 0.3) is 0 Å². The lowest BCUT2D eigenvalue weighted by Crippen LogP contribution is -2.00. The zero-order chi connectivity index (χ0) is 13.0. The van der Waals surface area contributed by atoms with Gasteiger partial charge >= 0.3 is 0 Å². The summed E-state index contributed by atoms with van der Waals surface area (Å²) in [5.41, 5.74) is 8.76. The van der Waals surface area contributed by atoms with E-state index in [1.54, 1.807) is 6.20 Å².